The number of carboxylic acid groups (broad SMARTS) is 1. The van der Waals surface area contributed by atoms with Crippen LogP contribution in [0.2, 0.25) is 0 Å². The molecule has 0 spiro atoms. The van der Waals surface area contributed by atoms with Gasteiger partial charge in [-0.1, -0.05) is 0 Å². The summed E-state index contributed by atoms with van der Waals surface area (Å²) in [5.74, 6) is -1.72. The van der Waals surface area contributed by atoms with Crippen LogP contribution in [0.3, 0.4) is 0 Å². The number of carbonyl (C=O) groups is 1. The molecule has 10 heteroatoms. The van der Waals surface area contributed by atoms with Crippen LogP contribution in [0.5, 0.6) is 0 Å². The summed E-state index contributed by atoms with van der Waals surface area (Å²) in [7, 11) is -2.13. The third-order valence-corrected chi connectivity index (χ3v) is 8.02. The molecule has 4 atom stereocenters. The summed E-state index contributed by atoms with van der Waals surface area (Å²) < 4.78 is 47.0. The van der Waals surface area contributed by atoms with Crippen molar-refractivity contribution in [1.29, 1.82) is 0 Å². The second-order valence-electron chi connectivity index (χ2n) is 7.93. The Morgan fingerprint density at radius 1 is 1.22 bits per heavy atom. The van der Waals surface area contributed by atoms with Gasteiger partial charge in [0.15, 0.2) is 0 Å². The molecule has 27 heavy (non-hydrogen) atoms. The number of ether oxygens (including phenoxy) is 1. The van der Waals surface area contributed by atoms with Crippen molar-refractivity contribution in [2.45, 2.75) is 74.6 Å². The summed E-state index contributed by atoms with van der Waals surface area (Å²) in [6, 6.07) is -0.515. The number of carboxylic acids is 1. The van der Waals surface area contributed by atoms with Gasteiger partial charge in [-0.25, -0.2) is 22.5 Å². The predicted octanol–water partition coefficient (Wildman–Crippen LogP) is 0.644. The highest BCUT2D eigenvalue weighted by Crippen LogP contribution is 2.29. The maximum Gasteiger partial charge on any atom is 0.308 e. The van der Waals surface area contributed by atoms with Crippen LogP contribution in [0.15, 0.2) is 0 Å². The van der Waals surface area contributed by atoms with E-state index in [9.17, 15) is 22.7 Å². The first-order chi connectivity index (χ1) is 12.8. The Morgan fingerprint density at radius 3 is 2.56 bits per heavy atom. The number of alkyl halides is 1. The number of rotatable bonds is 6. The van der Waals surface area contributed by atoms with Gasteiger partial charge in [0, 0.05) is 32.3 Å². The number of hydrogen-bond donors (Lipinski definition) is 3. The van der Waals surface area contributed by atoms with Crippen LogP contribution in [0.4, 0.5) is 4.39 Å². The molecule has 0 aromatic carbocycles. The lowest BCUT2D eigenvalue weighted by molar-refractivity contribution is -0.144. The maximum atomic E-state index is 13.3. The average Bonchev–Trinajstić information content (AvgIpc) is 3.12. The molecule has 1 heterocycles. The minimum atomic E-state index is -3.69. The molecule has 2 saturated carbocycles. The lowest BCUT2D eigenvalue weighted by atomic mass is 9.83. The quantitative estimate of drug-likeness (QED) is 0.593. The highest BCUT2D eigenvalue weighted by atomic mass is 32.2. The number of sulfonamides is 1. The number of halogens is 1. The van der Waals surface area contributed by atoms with Gasteiger partial charge in [0.05, 0.1) is 12.0 Å². The summed E-state index contributed by atoms with van der Waals surface area (Å²) >= 11 is 0. The van der Waals surface area contributed by atoms with E-state index in [2.05, 4.69) is 10.1 Å². The molecule has 1 saturated heterocycles. The topological polar surface area (TPSA) is 108 Å². The molecule has 156 valence electrons. The average molecular weight is 408 g/mol. The first-order valence-corrected chi connectivity index (χ1v) is 11.3. The van der Waals surface area contributed by atoms with Crippen molar-refractivity contribution in [1.82, 2.24) is 15.2 Å². The summed E-state index contributed by atoms with van der Waals surface area (Å²) in [4.78, 5) is 11.5. The SMILES string of the molecule is COC1CCC(C(=O)O)C(NS(=O)(=O)C2CNN(C3CCC(F)CC3)C2)C1. The highest BCUT2D eigenvalue weighted by Gasteiger charge is 2.42. The van der Waals surface area contributed by atoms with E-state index in [1.54, 1.807) is 7.11 Å². The maximum absolute atomic E-state index is 13.3. The molecule has 8 nitrogen and oxygen atoms in total. The van der Waals surface area contributed by atoms with Gasteiger partial charge in [0.2, 0.25) is 10.0 Å². The van der Waals surface area contributed by atoms with Gasteiger partial charge in [-0.15, -0.1) is 0 Å². The number of hydrazine groups is 1. The number of methoxy groups -OCH3 is 1. The van der Waals surface area contributed by atoms with Gasteiger partial charge in [-0.3, -0.25) is 10.2 Å². The minimum Gasteiger partial charge on any atom is -0.481 e. The van der Waals surface area contributed by atoms with Crippen molar-refractivity contribution >= 4 is 16.0 Å². The van der Waals surface area contributed by atoms with Gasteiger partial charge in [0.25, 0.3) is 0 Å². The molecule has 3 N–H and O–H groups in total. The van der Waals surface area contributed by atoms with Crippen LogP contribution in [-0.4, -0.2) is 74.3 Å². The predicted molar refractivity (Wildman–Crippen MR) is 97.3 cm³/mol. The lowest BCUT2D eigenvalue weighted by Gasteiger charge is -2.34. The summed E-state index contributed by atoms with van der Waals surface area (Å²) in [5, 5.41) is 10.7. The second-order valence-corrected chi connectivity index (χ2v) is 9.92. The van der Waals surface area contributed by atoms with E-state index in [0.717, 1.165) is 0 Å². The van der Waals surface area contributed by atoms with E-state index in [-0.39, 0.29) is 18.7 Å². The zero-order valence-corrected chi connectivity index (χ0v) is 16.5. The molecule has 3 rings (SSSR count). The monoisotopic (exact) mass is 407 g/mol. The van der Waals surface area contributed by atoms with E-state index in [4.69, 9.17) is 4.74 Å². The molecule has 0 aromatic heterocycles. The fraction of sp³-hybridized carbons (Fsp3) is 0.941. The molecular formula is C17H30FN3O5S. The number of nitrogens with one attached hydrogen (secondary N) is 2. The van der Waals surface area contributed by atoms with E-state index in [0.29, 0.717) is 51.5 Å². The third-order valence-electron chi connectivity index (χ3n) is 6.20. The highest BCUT2D eigenvalue weighted by molar-refractivity contribution is 7.90. The van der Waals surface area contributed by atoms with E-state index in [1.165, 1.54) is 0 Å². The number of nitrogens with zero attached hydrogens (tertiary/aromatic N) is 1. The zero-order chi connectivity index (χ0) is 19.6. The van der Waals surface area contributed by atoms with Crippen molar-refractivity contribution < 1.29 is 27.4 Å². The minimum absolute atomic E-state index is 0.137. The van der Waals surface area contributed by atoms with E-state index < -0.39 is 39.4 Å². The Kier molecular flexibility index (Phi) is 6.73. The molecule has 1 aliphatic heterocycles. The lowest BCUT2D eigenvalue weighted by Crippen LogP contribution is -2.51. The Bertz CT molecular complexity index is 626. The van der Waals surface area contributed by atoms with Crippen molar-refractivity contribution in [2.24, 2.45) is 5.92 Å². The largest absolute Gasteiger partial charge is 0.481 e. The van der Waals surface area contributed by atoms with E-state index >= 15 is 0 Å². The molecule has 4 unspecified atom stereocenters. The first-order valence-electron chi connectivity index (χ1n) is 9.71. The molecule has 0 aromatic rings. The summed E-state index contributed by atoms with van der Waals surface area (Å²) in [5.41, 5.74) is 3.14. The molecule has 0 bridgehead atoms. The van der Waals surface area contributed by atoms with Crippen LogP contribution in [-0.2, 0) is 19.6 Å². The van der Waals surface area contributed by atoms with Gasteiger partial charge in [-0.2, -0.15) is 0 Å². The van der Waals surface area contributed by atoms with E-state index in [1.807, 2.05) is 5.01 Å². The Hall–Kier alpha value is -0.810. The van der Waals surface area contributed by atoms with Crippen LogP contribution >= 0.6 is 0 Å². The zero-order valence-electron chi connectivity index (χ0n) is 15.6. The van der Waals surface area contributed by atoms with Crippen LogP contribution in [0.25, 0.3) is 0 Å². The fourth-order valence-electron chi connectivity index (χ4n) is 4.48. The van der Waals surface area contributed by atoms with Crippen LogP contribution in [0.1, 0.15) is 44.9 Å². The molecule has 0 radical (unpaired) electrons. The molecule has 3 fully saturated rings. The molecule has 2 aliphatic carbocycles. The van der Waals surface area contributed by atoms with Gasteiger partial charge >= 0.3 is 5.97 Å². The van der Waals surface area contributed by atoms with Crippen molar-refractivity contribution in [3.63, 3.8) is 0 Å². The molecular weight excluding hydrogens is 377 g/mol. The standard InChI is InChI=1S/C17H30FN3O5S/c1-26-13-6-7-15(17(22)23)16(8-13)20-27(24,25)14-9-19-21(10-14)12-4-2-11(18)3-5-12/h11-16,19-20H,2-10H2,1H3,(H,22,23). The van der Waals surface area contributed by atoms with Gasteiger partial charge in [-0.05, 0) is 44.9 Å². The fourth-order valence-corrected chi connectivity index (χ4v) is 6.01. The summed E-state index contributed by atoms with van der Waals surface area (Å²) in [6.45, 7) is 0.609. The van der Waals surface area contributed by atoms with Crippen LogP contribution < -0.4 is 10.1 Å². The smallest absolute Gasteiger partial charge is 0.308 e. The van der Waals surface area contributed by atoms with Crippen molar-refractivity contribution in [3.8, 4) is 0 Å². The van der Waals surface area contributed by atoms with Crippen molar-refractivity contribution in [3.05, 3.63) is 0 Å². The Labute approximate surface area is 159 Å². The van der Waals surface area contributed by atoms with Gasteiger partial charge in [0.1, 0.15) is 11.4 Å². The Morgan fingerprint density at radius 2 is 1.93 bits per heavy atom. The number of aliphatic carboxylic acids is 1. The van der Waals surface area contributed by atoms with Crippen molar-refractivity contribution in [2.75, 3.05) is 20.2 Å². The molecule has 3 aliphatic rings. The molecule has 0 amide bonds. The number of hydrogen-bond acceptors (Lipinski definition) is 6. The summed E-state index contributed by atoms with van der Waals surface area (Å²) in [6.07, 6.45) is 2.93. The second kappa shape index (κ2) is 8.69. The Balaban J connectivity index is 1.61. The first kappa shape index (κ1) is 20.9. The van der Waals surface area contributed by atoms with Crippen LogP contribution in [0, 0.1) is 5.92 Å². The third kappa shape index (κ3) is 4.97. The van der Waals surface area contributed by atoms with Gasteiger partial charge < -0.3 is 9.84 Å². The normalized spacial score (nSPS) is 38.7.